The predicted molar refractivity (Wildman–Crippen MR) is 115 cm³/mol. The van der Waals surface area contributed by atoms with Crippen molar-refractivity contribution in [2.24, 2.45) is 5.92 Å². The van der Waals surface area contributed by atoms with E-state index in [0.717, 1.165) is 17.7 Å². The summed E-state index contributed by atoms with van der Waals surface area (Å²) in [7, 11) is 1.62. The van der Waals surface area contributed by atoms with Gasteiger partial charge in [-0.25, -0.2) is 0 Å². The number of hydrogen-bond acceptors (Lipinski definition) is 4. The van der Waals surface area contributed by atoms with Crippen molar-refractivity contribution in [1.29, 1.82) is 0 Å². The van der Waals surface area contributed by atoms with Gasteiger partial charge in [-0.2, -0.15) is 0 Å². The Labute approximate surface area is 179 Å². The fourth-order valence-electron chi connectivity index (χ4n) is 5.00. The van der Waals surface area contributed by atoms with E-state index in [4.69, 9.17) is 4.74 Å². The molecular formula is C22H32ClN3O3. The molecule has 2 aliphatic heterocycles. The molecule has 1 saturated carbocycles. The maximum absolute atomic E-state index is 13.0. The lowest BCUT2D eigenvalue weighted by Crippen LogP contribution is -2.54. The van der Waals surface area contributed by atoms with Crippen molar-refractivity contribution in [3.63, 3.8) is 0 Å². The summed E-state index contributed by atoms with van der Waals surface area (Å²) in [6.45, 7) is 4.35. The molecule has 1 aromatic rings. The Balaban J connectivity index is 0.00000240. The second-order valence-electron chi connectivity index (χ2n) is 8.41. The normalized spacial score (nSPS) is 26.5. The van der Waals surface area contributed by atoms with Gasteiger partial charge in [0.05, 0.1) is 13.2 Å². The van der Waals surface area contributed by atoms with E-state index >= 15 is 0 Å². The molecular weight excluding hydrogens is 390 g/mol. The van der Waals surface area contributed by atoms with E-state index < -0.39 is 0 Å². The van der Waals surface area contributed by atoms with Gasteiger partial charge in [-0.05, 0) is 49.8 Å². The maximum atomic E-state index is 13.0. The highest BCUT2D eigenvalue weighted by atomic mass is 35.5. The monoisotopic (exact) mass is 421 g/mol. The lowest BCUT2D eigenvalue weighted by atomic mass is 9.85. The summed E-state index contributed by atoms with van der Waals surface area (Å²) >= 11 is 0. The summed E-state index contributed by atoms with van der Waals surface area (Å²) in [5.41, 5.74) is 1.66. The number of nitrogens with one attached hydrogen (secondary N) is 1. The van der Waals surface area contributed by atoms with E-state index in [1.54, 1.807) is 13.2 Å². The van der Waals surface area contributed by atoms with Crippen LogP contribution in [0.1, 0.15) is 48.0 Å². The number of halogens is 1. The highest BCUT2D eigenvalue weighted by Gasteiger charge is 2.40. The van der Waals surface area contributed by atoms with Gasteiger partial charge in [0.15, 0.2) is 0 Å². The van der Waals surface area contributed by atoms with Crippen LogP contribution in [0.4, 0.5) is 0 Å². The van der Waals surface area contributed by atoms with Crippen LogP contribution >= 0.6 is 12.4 Å². The van der Waals surface area contributed by atoms with Gasteiger partial charge in [0, 0.05) is 37.8 Å². The first kappa shape index (κ1) is 21.9. The molecule has 2 saturated heterocycles. The standard InChI is InChI=1S/C22H31N3O3.ClH/c1-15-7-8-17(14-20(15)28-2)21(26)24-9-11-25(12-10-24)22(27)19-13-16-5-3-4-6-18(16)23-19;/h7-8,14,16,18-19,23H,3-6,9-13H2,1-2H3;1H. The Morgan fingerprint density at radius 3 is 2.45 bits per heavy atom. The summed E-state index contributed by atoms with van der Waals surface area (Å²) < 4.78 is 5.34. The fraction of sp³-hybridized carbons (Fsp3) is 0.636. The first-order chi connectivity index (χ1) is 13.6. The van der Waals surface area contributed by atoms with Crippen LogP contribution in [0.15, 0.2) is 18.2 Å². The molecule has 3 atom stereocenters. The number of carbonyl (C=O) groups is 2. The van der Waals surface area contributed by atoms with E-state index in [0.29, 0.717) is 43.7 Å². The average Bonchev–Trinajstić information content (AvgIpc) is 3.17. The van der Waals surface area contributed by atoms with Gasteiger partial charge in [0.1, 0.15) is 5.75 Å². The molecule has 0 bridgehead atoms. The van der Waals surface area contributed by atoms with E-state index in [9.17, 15) is 9.59 Å². The number of amides is 2. The molecule has 3 fully saturated rings. The van der Waals surface area contributed by atoms with Crippen molar-refractivity contribution in [1.82, 2.24) is 15.1 Å². The molecule has 29 heavy (non-hydrogen) atoms. The van der Waals surface area contributed by atoms with Crippen molar-refractivity contribution in [2.75, 3.05) is 33.3 Å². The SMILES string of the molecule is COc1cc(C(=O)N2CCN(C(=O)C3CC4CCCCC4N3)CC2)ccc1C.Cl. The number of carbonyl (C=O) groups excluding carboxylic acids is 2. The third-order valence-electron chi connectivity index (χ3n) is 6.69. The number of hydrogen-bond donors (Lipinski definition) is 1. The fourth-order valence-corrected chi connectivity index (χ4v) is 5.00. The van der Waals surface area contributed by atoms with Crippen LogP contribution in [0.5, 0.6) is 5.75 Å². The second kappa shape index (κ2) is 9.35. The quantitative estimate of drug-likeness (QED) is 0.814. The highest BCUT2D eigenvalue weighted by Crippen LogP contribution is 2.33. The van der Waals surface area contributed by atoms with Gasteiger partial charge in [0.25, 0.3) is 5.91 Å². The molecule has 0 radical (unpaired) electrons. The number of rotatable bonds is 3. The molecule has 2 heterocycles. The zero-order valence-electron chi connectivity index (χ0n) is 17.4. The van der Waals surface area contributed by atoms with E-state index in [1.165, 1.54) is 25.7 Å². The highest BCUT2D eigenvalue weighted by molar-refractivity contribution is 5.95. The molecule has 160 valence electrons. The largest absolute Gasteiger partial charge is 0.496 e. The molecule has 7 heteroatoms. The van der Waals surface area contributed by atoms with Crippen LogP contribution in [0.3, 0.4) is 0 Å². The molecule has 1 aliphatic carbocycles. The summed E-state index contributed by atoms with van der Waals surface area (Å²) in [6, 6.07) is 6.07. The lowest BCUT2D eigenvalue weighted by Gasteiger charge is -2.36. The van der Waals surface area contributed by atoms with Gasteiger partial charge in [-0.15, -0.1) is 12.4 Å². The smallest absolute Gasteiger partial charge is 0.254 e. The molecule has 1 N–H and O–H groups in total. The average molecular weight is 422 g/mol. The van der Waals surface area contributed by atoms with Crippen molar-refractivity contribution in [3.8, 4) is 5.75 Å². The Morgan fingerprint density at radius 2 is 1.76 bits per heavy atom. The van der Waals surface area contributed by atoms with E-state index in [-0.39, 0.29) is 30.3 Å². The number of methoxy groups -OCH3 is 1. The molecule has 2 amide bonds. The Kier molecular flexibility index (Phi) is 7.06. The van der Waals surface area contributed by atoms with E-state index in [1.807, 2.05) is 28.9 Å². The predicted octanol–water partition coefficient (Wildman–Crippen LogP) is 2.63. The molecule has 1 aromatic carbocycles. The van der Waals surface area contributed by atoms with Crippen molar-refractivity contribution in [2.45, 2.75) is 51.1 Å². The Bertz CT molecular complexity index is 735. The number of nitrogens with zero attached hydrogens (tertiary/aromatic N) is 2. The summed E-state index contributed by atoms with van der Waals surface area (Å²) in [6.07, 6.45) is 6.01. The van der Waals surface area contributed by atoms with Crippen LogP contribution in [-0.4, -0.2) is 67.0 Å². The number of fused-ring (bicyclic) bond motifs is 1. The van der Waals surface area contributed by atoms with Gasteiger partial charge < -0.3 is 19.9 Å². The third kappa shape index (κ3) is 4.53. The van der Waals surface area contributed by atoms with Crippen molar-refractivity contribution < 1.29 is 14.3 Å². The molecule has 0 spiro atoms. The minimum atomic E-state index is -0.0308. The Hall–Kier alpha value is -1.79. The van der Waals surface area contributed by atoms with Gasteiger partial charge in [0.2, 0.25) is 5.91 Å². The first-order valence-corrected chi connectivity index (χ1v) is 10.6. The minimum absolute atomic E-state index is 0. The lowest BCUT2D eigenvalue weighted by molar-refractivity contribution is -0.134. The number of ether oxygens (including phenoxy) is 1. The van der Waals surface area contributed by atoms with Crippen LogP contribution in [-0.2, 0) is 4.79 Å². The molecule has 6 nitrogen and oxygen atoms in total. The number of aryl methyl sites for hydroxylation is 1. The molecule has 4 rings (SSSR count). The summed E-state index contributed by atoms with van der Waals surface area (Å²) in [4.78, 5) is 29.6. The zero-order chi connectivity index (χ0) is 19.7. The Morgan fingerprint density at radius 1 is 1.07 bits per heavy atom. The summed E-state index contributed by atoms with van der Waals surface area (Å²) in [5.74, 6) is 1.63. The first-order valence-electron chi connectivity index (χ1n) is 10.6. The van der Waals surface area contributed by atoms with Gasteiger partial charge in [-0.3, -0.25) is 9.59 Å². The maximum Gasteiger partial charge on any atom is 0.254 e. The number of piperazine rings is 1. The minimum Gasteiger partial charge on any atom is -0.496 e. The van der Waals surface area contributed by atoms with E-state index in [2.05, 4.69) is 5.32 Å². The second-order valence-corrected chi connectivity index (χ2v) is 8.41. The zero-order valence-corrected chi connectivity index (χ0v) is 18.2. The van der Waals surface area contributed by atoms with Crippen molar-refractivity contribution in [3.05, 3.63) is 29.3 Å². The summed E-state index contributed by atoms with van der Waals surface area (Å²) in [5, 5.41) is 3.58. The van der Waals surface area contributed by atoms with Crippen LogP contribution in [0.2, 0.25) is 0 Å². The van der Waals surface area contributed by atoms with Crippen LogP contribution in [0.25, 0.3) is 0 Å². The van der Waals surface area contributed by atoms with Crippen LogP contribution < -0.4 is 10.1 Å². The molecule has 0 aromatic heterocycles. The van der Waals surface area contributed by atoms with Gasteiger partial charge >= 0.3 is 0 Å². The van der Waals surface area contributed by atoms with Gasteiger partial charge in [-0.1, -0.05) is 18.9 Å². The topological polar surface area (TPSA) is 61.9 Å². The molecule has 3 unspecified atom stereocenters. The van der Waals surface area contributed by atoms with Crippen LogP contribution in [0, 0.1) is 12.8 Å². The number of benzene rings is 1. The molecule has 3 aliphatic rings. The third-order valence-corrected chi connectivity index (χ3v) is 6.69. The van der Waals surface area contributed by atoms with Crippen molar-refractivity contribution >= 4 is 24.2 Å².